The summed E-state index contributed by atoms with van der Waals surface area (Å²) < 4.78 is 62.2. The molecule has 1 heterocycles. The van der Waals surface area contributed by atoms with Crippen LogP contribution in [0.25, 0.3) is 10.8 Å². The molecule has 0 amide bonds. The Morgan fingerprint density at radius 3 is 2.60 bits per heavy atom. The van der Waals surface area contributed by atoms with Crippen molar-refractivity contribution < 1.29 is 25.8 Å². The number of benzene rings is 1. The highest BCUT2D eigenvalue weighted by Crippen LogP contribution is 2.28. The van der Waals surface area contributed by atoms with Gasteiger partial charge in [0.2, 0.25) is 5.88 Å². The molecule has 0 fully saturated rings. The molecular weight excluding hydrogens is 297 g/mol. The van der Waals surface area contributed by atoms with E-state index in [4.69, 9.17) is 5.26 Å². The smallest absolute Gasteiger partial charge is 0.355 e. The number of aromatic nitrogens is 1. The zero-order valence-electron chi connectivity index (χ0n) is 9.55. The van der Waals surface area contributed by atoms with Crippen LogP contribution >= 0.6 is 0 Å². The molecule has 104 valence electrons. The first kappa shape index (κ1) is 14.1. The van der Waals surface area contributed by atoms with E-state index in [1.807, 2.05) is 6.07 Å². The first-order valence-corrected chi connectivity index (χ1v) is 6.45. The Kier molecular flexibility index (Phi) is 3.27. The molecule has 0 saturated carbocycles. The molecule has 0 N–H and O–H groups in total. The fourth-order valence-corrected chi connectivity index (χ4v) is 1.86. The lowest BCUT2D eigenvalue weighted by Crippen LogP contribution is -2.28. The van der Waals surface area contributed by atoms with Gasteiger partial charge in [0.05, 0.1) is 11.6 Å². The molecular formula is C11H5F3N2O3S. The van der Waals surface area contributed by atoms with E-state index in [1.165, 1.54) is 6.07 Å². The molecule has 0 spiro atoms. The quantitative estimate of drug-likeness (QED) is 0.628. The number of nitrogens with zero attached hydrogens (tertiary/aromatic N) is 2. The van der Waals surface area contributed by atoms with Crippen LogP contribution in [0.5, 0.6) is 5.88 Å². The molecule has 0 bridgehead atoms. The molecule has 2 rings (SSSR count). The SMILES string of the molecule is N#Cc1cccc2cnc(OS(=O)(=O)C(F)(F)F)cc12. The highest BCUT2D eigenvalue weighted by molar-refractivity contribution is 7.87. The molecule has 0 aliphatic carbocycles. The van der Waals surface area contributed by atoms with E-state index in [9.17, 15) is 21.6 Å². The predicted molar refractivity (Wildman–Crippen MR) is 62.1 cm³/mol. The van der Waals surface area contributed by atoms with E-state index in [1.54, 1.807) is 12.1 Å². The van der Waals surface area contributed by atoms with E-state index >= 15 is 0 Å². The number of fused-ring (bicyclic) bond motifs is 1. The van der Waals surface area contributed by atoms with Gasteiger partial charge in [-0.1, -0.05) is 12.1 Å². The van der Waals surface area contributed by atoms with Crippen molar-refractivity contribution in [3.63, 3.8) is 0 Å². The Morgan fingerprint density at radius 1 is 1.30 bits per heavy atom. The zero-order valence-corrected chi connectivity index (χ0v) is 10.4. The highest BCUT2D eigenvalue weighted by Gasteiger charge is 2.48. The second-order valence-electron chi connectivity index (χ2n) is 3.64. The molecule has 0 atom stereocenters. The van der Waals surface area contributed by atoms with Gasteiger partial charge < -0.3 is 4.18 Å². The summed E-state index contributed by atoms with van der Waals surface area (Å²) in [4.78, 5) is 3.47. The number of hydrogen-bond acceptors (Lipinski definition) is 5. The zero-order chi connectivity index (χ0) is 15.0. The summed E-state index contributed by atoms with van der Waals surface area (Å²) in [5.41, 5.74) is -5.38. The monoisotopic (exact) mass is 302 g/mol. The molecule has 1 aromatic heterocycles. The van der Waals surface area contributed by atoms with E-state index < -0.39 is 21.5 Å². The molecule has 0 radical (unpaired) electrons. The lowest BCUT2D eigenvalue weighted by molar-refractivity contribution is -0.0501. The average molecular weight is 302 g/mol. The van der Waals surface area contributed by atoms with Gasteiger partial charge >= 0.3 is 15.6 Å². The number of nitriles is 1. The van der Waals surface area contributed by atoms with Gasteiger partial charge in [-0.25, -0.2) is 4.98 Å². The van der Waals surface area contributed by atoms with E-state index in [0.717, 1.165) is 12.3 Å². The van der Waals surface area contributed by atoms with E-state index in [0.29, 0.717) is 5.39 Å². The summed E-state index contributed by atoms with van der Waals surface area (Å²) in [6.45, 7) is 0. The van der Waals surface area contributed by atoms with Crippen LogP contribution in [0.3, 0.4) is 0 Å². The minimum absolute atomic E-state index is 0.166. The van der Waals surface area contributed by atoms with Crippen LogP contribution < -0.4 is 4.18 Å². The third kappa shape index (κ3) is 2.50. The predicted octanol–water partition coefficient (Wildman–Crippen LogP) is 2.33. The maximum absolute atomic E-state index is 12.2. The van der Waals surface area contributed by atoms with Gasteiger partial charge in [-0.2, -0.15) is 26.9 Å². The molecule has 0 aliphatic rings. The summed E-state index contributed by atoms with van der Waals surface area (Å²) in [5, 5.41) is 9.60. The van der Waals surface area contributed by atoms with Crippen molar-refractivity contribution in [2.45, 2.75) is 5.51 Å². The highest BCUT2D eigenvalue weighted by atomic mass is 32.2. The second kappa shape index (κ2) is 4.64. The van der Waals surface area contributed by atoms with Crippen LogP contribution in [-0.4, -0.2) is 18.9 Å². The Labute approximate surface area is 111 Å². The van der Waals surface area contributed by atoms with Gasteiger partial charge in [-0.3, -0.25) is 0 Å². The third-order valence-corrected chi connectivity index (χ3v) is 3.29. The number of rotatable bonds is 2. The summed E-state index contributed by atoms with van der Waals surface area (Å²) in [7, 11) is -5.78. The van der Waals surface area contributed by atoms with Crippen molar-refractivity contribution >= 4 is 20.9 Å². The van der Waals surface area contributed by atoms with Crippen LogP contribution in [-0.2, 0) is 10.1 Å². The molecule has 0 unspecified atom stereocenters. The van der Waals surface area contributed by atoms with E-state index in [-0.39, 0.29) is 10.9 Å². The van der Waals surface area contributed by atoms with Gasteiger partial charge in [0.25, 0.3) is 0 Å². The molecule has 20 heavy (non-hydrogen) atoms. The fraction of sp³-hybridized carbons (Fsp3) is 0.0909. The maximum Gasteiger partial charge on any atom is 0.534 e. The van der Waals surface area contributed by atoms with Gasteiger partial charge in [-0.15, -0.1) is 0 Å². The Hall–Kier alpha value is -2.34. The standard InChI is InChI=1S/C11H5F3N2O3S/c12-11(13,14)20(17,18)19-10-4-9-7(5-15)2-1-3-8(9)6-16-10/h1-4,6H. The summed E-state index contributed by atoms with van der Waals surface area (Å²) in [6, 6.07) is 7.38. The first-order chi connectivity index (χ1) is 9.24. The molecule has 5 nitrogen and oxygen atoms in total. The van der Waals surface area contributed by atoms with Crippen molar-refractivity contribution in [3.05, 3.63) is 36.0 Å². The third-order valence-electron chi connectivity index (χ3n) is 2.34. The van der Waals surface area contributed by atoms with Gasteiger partial charge in [0.15, 0.2) is 0 Å². The molecule has 9 heteroatoms. The van der Waals surface area contributed by atoms with Crippen LogP contribution in [0.15, 0.2) is 30.5 Å². The normalized spacial score (nSPS) is 12.1. The van der Waals surface area contributed by atoms with Crippen LogP contribution in [0.2, 0.25) is 0 Å². The molecule has 0 saturated heterocycles. The minimum atomic E-state index is -5.78. The second-order valence-corrected chi connectivity index (χ2v) is 5.18. The number of hydrogen-bond donors (Lipinski definition) is 0. The van der Waals surface area contributed by atoms with Gasteiger partial charge in [-0.05, 0) is 6.07 Å². The lowest BCUT2D eigenvalue weighted by atomic mass is 10.1. The summed E-state index contributed by atoms with van der Waals surface area (Å²) in [6.07, 6.45) is 1.12. The molecule has 2 aromatic rings. The minimum Gasteiger partial charge on any atom is -0.355 e. The van der Waals surface area contributed by atoms with Crippen molar-refractivity contribution in [3.8, 4) is 11.9 Å². The van der Waals surface area contributed by atoms with Gasteiger partial charge in [0.1, 0.15) is 0 Å². The van der Waals surface area contributed by atoms with Crippen LogP contribution in [0, 0.1) is 11.3 Å². The number of alkyl halides is 3. The Morgan fingerprint density at radius 2 is 2.00 bits per heavy atom. The number of halogens is 3. The topological polar surface area (TPSA) is 80.0 Å². The molecule has 0 aliphatic heterocycles. The van der Waals surface area contributed by atoms with Crippen LogP contribution in [0.4, 0.5) is 13.2 Å². The largest absolute Gasteiger partial charge is 0.534 e. The van der Waals surface area contributed by atoms with Crippen molar-refractivity contribution in [2.24, 2.45) is 0 Å². The number of pyridine rings is 1. The van der Waals surface area contributed by atoms with Crippen LogP contribution in [0.1, 0.15) is 5.56 Å². The average Bonchev–Trinajstić information content (AvgIpc) is 2.36. The fourth-order valence-electron chi connectivity index (χ4n) is 1.45. The van der Waals surface area contributed by atoms with E-state index in [2.05, 4.69) is 9.17 Å². The Bertz CT molecular complexity index is 810. The summed E-state index contributed by atoms with van der Waals surface area (Å²) in [5.74, 6) is -0.752. The van der Waals surface area contributed by atoms with Crippen molar-refractivity contribution in [1.29, 1.82) is 5.26 Å². The van der Waals surface area contributed by atoms with Crippen molar-refractivity contribution in [2.75, 3.05) is 0 Å². The lowest BCUT2D eigenvalue weighted by Gasteiger charge is -2.09. The first-order valence-electron chi connectivity index (χ1n) is 5.04. The van der Waals surface area contributed by atoms with Gasteiger partial charge in [0, 0.05) is 23.0 Å². The van der Waals surface area contributed by atoms with Crippen molar-refractivity contribution in [1.82, 2.24) is 4.98 Å². The Balaban J connectivity index is 2.51. The summed E-state index contributed by atoms with van der Waals surface area (Å²) >= 11 is 0. The molecule has 1 aromatic carbocycles. The maximum atomic E-state index is 12.2.